The maximum atomic E-state index is 13.4. The molecule has 0 bridgehead atoms. The largest absolute Gasteiger partial charge is 0.362 e. The van der Waals surface area contributed by atoms with Crippen LogP contribution in [0, 0.1) is 24.4 Å². The molecule has 0 radical (unpaired) electrons. The highest BCUT2D eigenvalue weighted by molar-refractivity contribution is 6.21. The number of hydrogen-bond donors (Lipinski definition) is 1. The molecule has 0 amide bonds. The zero-order valence-corrected chi connectivity index (χ0v) is 12.2. The first kappa shape index (κ1) is 17.1. The fraction of sp³-hybridized carbons (Fsp3) is 0.143. The van der Waals surface area contributed by atoms with Gasteiger partial charge in [0.15, 0.2) is 17.5 Å². The van der Waals surface area contributed by atoms with Crippen molar-refractivity contribution in [3.05, 3.63) is 62.6 Å². The molecule has 9 heteroatoms. The van der Waals surface area contributed by atoms with E-state index in [2.05, 4.69) is 4.98 Å². The summed E-state index contributed by atoms with van der Waals surface area (Å²) in [6.45, 7) is 1.21. The Balaban J connectivity index is 2.46. The van der Waals surface area contributed by atoms with Gasteiger partial charge >= 0.3 is 11.1 Å². The second-order valence-electron chi connectivity index (χ2n) is 4.56. The van der Waals surface area contributed by atoms with Crippen molar-refractivity contribution < 1.29 is 22.0 Å². The summed E-state index contributed by atoms with van der Waals surface area (Å²) < 4.78 is 65.7. The molecule has 0 fully saturated rings. The van der Waals surface area contributed by atoms with E-state index < -0.39 is 34.2 Å². The zero-order valence-electron chi connectivity index (χ0n) is 11.4. The zero-order chi connectivity index (χ0) is 17.4. The smallest absolute Gasteiger partial charge is 0.303 e. The molecule has 2 rings (SSSR count). The predicted molar refractivity (Wildman–Crippen MR) is 74.6 cm³/mol. The Morgan fingerprint density at radius 3 is 2.43 bits per heavy atom. The molecule has 0 atom stereocenters. The maximum Gasteiger partial charge on any atom is 0.362 e. The van der Waals surface area contributed by atoms with Crippen molar-refractivity contribution >= 4 is 23.8 Å². The number of nitrogens with zero attached hydrogens (tertiary/aromatic N) is 1. The molecule has 122 valence electrons. The predicted octanol–water partition coefficient (Wildman–Crippen LogP) is 3.95. The monoisotopic (exact) mass is 350 g/mol. The molecule has 0 saturated carbocycles. The van der Waals surface area contributed by atoms with Gasteiger partial charge in [-0.2, -0.15) is 13.8 Å². The summed E-state index contributed by atoms with van der Waals surface area (Å²) in [5, 5.41) is -3.81. The number of aromatic amines is 1. The highest BCUT2D eigenvalue weighted by atomic mass is 35.5. The van der Waals surface area contributed by atoms with E-state index in [9.17, 15) is 26.7 Å². The van der Waals surface area contributed by atoms with E-state index in [0.29, 0.717) is 0 Å². The van der Waals surface area contributed by atoms with E-state index in [1.807, 2.05) is 0 Å². The van der Waals surface area contributed by atoms with E-state index >= 15 is 0 Å². The molecular formula is C14H8ClF5N2O. The Kier molecular flexibility index (Phi) is 4.56. The number of hydrogen-bond acceptors (Lipinski definition) is 2. The van der Waals surface area contributed by atoms with Crippen LogP contribution < -0.4 is 5.69 Å². The van der Waals surface area contributed by atoms with Crippen LogP contribution in [0.15, 0.2) is 16.9 Å². The van der Waals surface area contributed by atoms with Gasteiger partial charge in [-0.1, -0.05) is 6.08 Å². The van der Waals surface area contributed by atoms with Crippen molar-refractivity contribution in [1.82, 2.24) is 9.97 Å². The Hall–Kier alpha value is -2.22. The molecule has 0 aliphatic carbocycles. The molecule has 23 heavy (non-hydrogen) atoms. The molecule has 0 aliphatic rings. The number of nitrogens with one attached hydrogen (secondary N) is 1. The molecule has 1 heterocycles. The fourth-order valence-electron chi connectivity index (χ4n) is 1.77. The number of aromatic nitrogens is 2. The van der Waals surface area contributed by atoms with Gasteiger partial charge in [0.2, 0.25) is 0 Å². The summed E-state index contributed by atoms with van der Waals surface area (Å²) in [7, 11) is 0. The lowest BCUT2D eigenvalue weighted by Gasteiger charge is -2.07. The average Bonchev–Trinajstić information content (AvgIpc) is 2.46. The summed E-state index contributed by atoms with van der Waals surface area (Å²) in [4.78, 5) is 16.4. The molecular weight excluding hydrogens is 343 g/mol. The second kappa shape index (κ2) is 6.11. The minimum Gasteiger partial charge on any atom is -0.303 e. The Morgan fingerprint density at radius 2 is 1.83 bits per heavy atom. The maximum absolute atomic E-state index is 13.4. The summed E-state index contributed by atoms with van der Waals surface area (Å²) in [6, 6.07) is 1.53. The third-order valence-corrected chi connectivity index (χ3v) is 3.15. The number of alkyl halides is 3. The lowest BCUT2D eigenvalue weighted by Crippen LogP contribution is -2.18. The van der Waals surface area contributed by atoms with Crippen LogP contribution in [0.1, 0.15) is 22.5 Å². The van der Waals surface area contributed by atoms with Crippen LogP contribution in [0.4, 0.5) is 22.0 Å². The van der Waals surface area contributed by atoms with Crippen LogP contribution in [0.25, 0.3) is 12.2 Å². The van der Waals surface area contributed by atoms with Crippen molar-refractivity contribution in [2.45, 2.75) is 12.3 Å². The van der Waals surface area contributed by atoms with Gasteiger partial charge in [-0.15, -0.1) is 0 Å². The number of H-pyrrole nitrogens is 1. The van der Waals surface area contributed by atoms with E-state index in [1.165, 1.54) is 6.92 Å². The van der Waals surface area contributed by atoms with E-state index in [0.717, 1.165) is 24.3 Å². The highest BCUT2D eigenvalue weighted by Gasteiger charge is 2.29. The molecule has 1 aromatic carbocycles. The van der Waals surface area contributed by atoms with Gasteiger partial charge in [0.1, 0.15) is 5.69 Å². The molecule has 1 aromatic heterocycles. The number of benzene rings is 1. The standard InChI is InChI=1S/C14H8ClF5N2O/c1-6-7(4-9(16)12(18)11(6)17)2-3-8-5-10(14(15,19)20)22-13(23)21-8/h2-5H,1H3,(H,21,22,23). The summed E-state index contributed by atoms with van der Waals surface area (Å²) in [5.74, 6) is -4.38. The van der Waals surface area contributed by atoms with Gasteiger partial charge in [-0.25, -0.2) is 18.0 Å². The number of rotatable bonds is 3. The first-order valence-corrected chi connectivity index (χ1v) is 6.48. The fourth-order valence-corrected chi connectivity index (χ4v) is 1.87. The molecule has 1 N–H and O–H groups in total. The minimum atomic E-state index is -3.81. The van der Waals surface area contributed by atoms with Crippen LogP contribution in [-0.2, 0) is 5.38 Å². The molecule has 2 aromatic rings. The summed E-state index contributed by atoms with van der Waals surface area (Å²) >= 11 is 4.81. The van der Waals surface area contributed by atoms with Crippen LogP contribution in [0.5, 0.6) is 0 Å². The van der Waals surface area contributed by atoms with Crippen LogP contribution in [-0.4, -0.2) is 9.97 Å². The molecule has 0 spiro atoms. The third kappa shape index (κ3) is 3.76. The van der Waals surface area contributed by atoms with Gasteiger partial charge in [0, 0.05) is 0 Å². The number of halogens is 6. The van der Waals surface area contributed by atoms with Gasteiger partial charge in [0.25, 0.3) is 0 Å². The lowest BCUT2D eigenvalue weighted by molar-refractivity contribution is 0.0894. The SMILES string of the molecule is Cc1c(C=Cc2cc(C(F)(F)Cl)[nH]c(=O)n2)cc(F)c(F)c1F. The van der Waals surface area contributed by atoms with Crippen molar-refractivity contribution in [3.63, 3.8) is 0 Å². The average molecular weight is 351 g/mol. The first-order chi connectivity index (χ1) is 10.6. The van der Waals surface area contributed by atoms with Gasteiger partial charge < -0.3 is 4.98 Å². The van der Waals surface area contributed by atoms with Crippen molar-refractivity contribution in [2.75, 3.05) is 0 Å². The topological polar surface area (TPSA) is 45.8 Å². The summed E-state index contributed by atoms with van der Waals surface area (Å²) in [5.41, 5.74) is -2.40. The van der Waals surface area contributed by atoms with E-state index in [-0.39, 0.29) is 16.8 Å². The minimum absolute atomic E-state index is 0.0392. The Labute approximate surface area is 131 Å². The first-order valence-electron chi connectivity index (χ1n) is 6.10. The van der Waals surface area contributed by atoms with Crippen LogP contribution in [0.3, 0.4) is 0 Å². The second-order valence-corrected chi connectivity index (χ2v) is 5.03. The lowest BCUT2D eigenvalue weighted by atomic mass is 10.1. The molecule has 0 saturated heterocycles. The van der Waals surface area contributed by atoms with Gasteiger partial charge in [-0.3, -0.25) is 0 Å². The third-order valence-electron chi connectivity index (χ3n) is 2.95. The highest BCUT2D eigenvalue weighted by Crippen LogP contribution is 2.30. The molecule has 3 nitrogen and oxygen atoms in total. The molecule has 0 aliphatic heterocycles. The van der Waals surface area contributed by atoms with Gasteiger partial charge in [-0.05, 0) is 47.9 Å². The molecule has 0 unspecified atom stereocenters. The Bertz CT molecular complexity index is 842. The quantitative estimate of drug-likeness (QED) is 0.517. The van der Waals surface area contributed by atoms with Crippen LogP contribution >= 0.6 is 11.6 Å². The van der Waals surface area contributed by atoms with E-state index in [1.54, 1.807) is 4.98 Å². The van der Waals surface area contributed by atoms with Crippen LogP contribution in [0.2, 0.25) is 0 Å². The Morgan fingerprint density at radius 1 is 1.17 bits per heavy atom. The van der Waals surface area contributed by atoms with Gasteiger partial charge in [0.05, 0.1) is 5.69 Å². The van der Waals surface area contributed by atoms with Crippen molar-refractivity contribution in [2.24, 2.45) is 0 Å². The normalized spacial score (nSPS) is 12.1. The summed E-state index contributed by atoms with van der Waals surface area (Å²) in [6.07, 6.45) is 2.18. The van der Waals surface area contributed by atoms with Crippen molar-refractivity contribution in [3.8, 4) is 0 Å². The van der Waals surface area contributed by atoms with E-state index in [4.69, 9.17) is 11.6 Å². The van der Waals surface area contributed by atoms with Crippen molar-refractivity contribution in [1.29, 1.82) is 0 Å².